The molecule has 0 aromatic heterocycles. The minimum Gasteiger partial charge on any atom is -0.496 e. The number of anilines is 1. The van der Waals surface area contributed by atoms with Crippen molar-refractivity contribution >= 4 is 27.5 Å². The Morgan fingerprint density at radius 1 is 0.810 bits per heavy atom. The molecule has 2 aromatic carbocycles. The van der Waals surface area contributed by atoms with E-state index in [0.717, 1.165) is 5.41 Å². The zero-order valence-corrected chi connectivity index (χ0v) is 24.9. The molecule has 0 atom stereocenters. The lowest BCUT2D eigenvalue weighted by Crippen LogP contribution is -2.73. The Labute approximate surface area is 245 Å². The number of aliphatic hydroxyl groups excluding tert-OH is 3. The van der Waals surface area contributed by atoms with Crippen LogP contribution in [0.15, 0.2) is 35.7 Å². The Kier molecular flexibility index (Phi) is 14.0. The van der Waals surface area contributed by atoms with Gasteiger partial charge in [0.1, 0.15) is 23.0 Å². The van der Waals surface area contributed by atoms with Gasteiger partial charge in [-0.25, -0.2) is 8.42 Å². The van der Waals surface area contributed by atoms with Crippen molar-refractivity contribution in [1.82, 2.24) is 16.0 Å². The molecule has 2 rings (SSSR count). The maximum atomic E-state index is 13.5. The molecule has 0 unspecified atom stereocenters. The van der Waals surface area contributed by atoms with Crippen molar-refractivity contribution in [2.45, 2.75) is 11.5 Å². The Hall–Kier alpha value is -3.44. The summed E-state index contributed by atoms with van der Waals surface area (Å²) in [6.45, 7) is -0.902. The van der Waals surface area contributed by atoms with Crippen LogP contribution in [0.5, 0.6) is 23.0 Å². The fraction of sp³-hybridized carbons (Fsp3) is 0.444. The molecule has 2 aromatic rings. The van der Waals surface area contributed by atoms with Crippen LogP contribution in [0.2, 0.25) is 0 Å². The predicted molar refractivity (Wildman–Crippen MR) is 157 cm³/mol. The van der Waals surface area contributed by atoms with Crippen LogP contribution >= 0.6 is 0 Å². The zero-order valence-electron chi connectivity index (χ0n) is 24.1. The van der Waals surface area contributed by atoms with Crippen molar-refractivity contribution in [2.24, 2.45) is 0 Å². The first-order valence-electron chi connectivity index (χ1n) is 12.9. The van der Waals surface area contributed by atoms with Gasteiger partial charge in [-0.05, 0) is 23.8 Å². The van der Waals surface area contributed by atoms with Crippen LogP contribution < -0.4 is 40.2 Å². The highest BCUT2D eigenvalue weighted by atomic mass is 32.2. The number of hydrogen-bond donors (Lipinski definition) is 7. The monoisotopic (exact) mass is 612 g/mol. The van der Waals surface area contributed by atoms with E-state index in [2.05, 4.69) is 21.3 Å². The summed E-state index contributed by atoms with van der Waals surface area (Å²) in [6, 6.07) is 7.75. The van der Waals surface area contributed by atoms with Gasteiger partial charge in [0.15, 0.2) is 9.84 Å². The molecule has 42 heavy (non-hydrogen) atoms. The molecule has 0 saturated carbocycles. The third-order valence-corrected chi connectivity index (χ3v) is 7.21. The average molecular weight is 613 g/mol. The van der Waals surface area contributed by atoms with Gasteiger partial charge < -0.3 is 39.6 Å². The summed E-state index contributed by atoms with van der Waals surface area (Å²) in [5.41, 5.74) is 0.930. The molecule has 0 fully saturated rings. The van der Waals surface area contributed by atoms with E-state index in [4.69, 9.17) is 18.9 Å². The van der Waals surface area contributed by atoms with Gasteiger partial charge in [0, 0.05) is 37.2 Å². The van der Waals surface area contributed by atoms with Gasteiger partial charge in [0.05, 0.1) is 65.3 Å². The number of nitrogens with one attached hydrogen (secondary N) is 4. The van der Waals surface area contributed by atoms with Crippen LogP contribution in [-0.4, -0.2) is 103 Å². The van der Waals surface area contributed by atoms with Crippen LogP contribution in [0.3, 0.4) is 0 Å². The highest BCUT2D eigenvalue weighted by Crippen LogP contribution is 2.35. The Morgan fingerprint density at radius 3 is 1.79 bits per heavy atom. The zero-order chi connectivity index (χ0) is 31.2. The first-order valence-corrected chi connectivity index (χ1v) is 14.6. The number of carbonyl (C=O) groups excluding carboxylic acids is 1. The lowest BCUT2D eigenvalue weighted by Gasteiger charge is -2.35. The van der Waals surface area contributed by atoms with Crippen molar-refractivity contribution in [3.8, 4) is 23.0 Å². The number of methoxy groups -OCH3 is 4. The van der Waals surface area contributed by atoms with Crippen LogP contribution in [0.25, 0.3) is 6.08 Å². The third kappa shape index (κ3) is 9.55. The topological polar surface area (TPSA) is 197 Å². The van der Waals surface area contributed by atoms with Gasteiger partial charge in [-0.1, -0.05) is 6.07 Å². The maximum absolute atomic E-state index is 13.5. The molecule has 0 bridgehead atoms. The quantitative estimate of drug-likeness (QED) is 0.102. The second-order valence-electron chi connectivity index (χ2n) is 8.75. The molecule has 234 valence electrons. The van der Waals surface area contributed by atoms with Gasteiger partial charge in [-0.15, -0.1) is 0 Å². The maximum Gasteiger partial charge on any atom is 0.275 e. The summed E-state index contributed by atoms with van der Waals surface area (Å²) in [4.78, 5) is 13.5. The van der Waals surface area contributed by atoms with Crippen molar-refractivity contribution in [3.05, 3.63) is 46.9 Å². The molecular formula is C27H40N4O10S. The van der Waals surface area contributed by atoms with E-state index < -0.39 is 27.3 Å². The molecular weight excluding hydrogens is 572 g/mol. The number of hydrogen-bond acceptors (Lipinski definition) is 13. The molecule has 0 aliphatic rings. The number of amides is 1. The first kappa shape index (κ1) is 34.8. The average Bonchev–Trinajstić information content (AvgIpc) is 2.99. The van der Waals surface area contributed by atoms with E-state index in [1.165, 1.54) is 46.6 Å². The van der Waals surface area contributed by atoms with Gasteiger partial charge in [-0.2, -0.15) is 0 Å². The molecule has 7 N–H and O–H groups in total. The van der Waals surface area contributed by atoms with E-state index in [1.807, 2.05) is 0 Å². The largest absolute Gasteiger partial charge is 0.496 e. The molecule has 14 nitrogen and oxygen atoms in total. The fourth-order valence-corrected chi connectivity index (χ4v) is 5.05. The molecule has 15 heteroatoms. The summed E-state index contributed by atoms with van der Waals surface area (Å²) in [6.07, 6.45) is 1.37. The third-order valence-electron chi connectivity index (χ3n) is 5.92. The Bertz CT molecular complexity index is 1260. The number of sulfone groups is 1. The Balaban J connectivity index is 2.38. The van der Waals surface area contributed by atoms with E-state index >= 15 is 0 Å². The highest BCUT2D eigenvalue weighted by Gasteiger charge is 2.37. The summed E-state index contributed by atoms with van der Waals surface area (Å²) in [7, 11) is 1.95. The first-order chi connectivity index (χ1) is 20.1. The molecule has 0 aliphatic carbocycles. The second kappa shape index (κ2) is 16.9. The van der Waals surface area contributed by atoms with E-state index in [0.29, 0.717) is 28.4 Å². The van der Waals surface area contributed by atoms with E-state index in [-0.39, 0.29) is 50.9 Å². The summed E-state index contributed by atoms with van der Waals surface area (Å²) >= 11 is 0. The summed E-state index contributed by atoms with van der Waals surface area (Å²) in [5, 5.41) is 40.2. The minimum atomic E-state index is -3.82. The number of ether oxygens (including phenoxy) is 4. The predicted octanol–water partition coefficient (Wildman–Crippen LogP) is -0.355. The molecule has 1 amide bonds. The Morgan fingerprint density at radius 2 is 1.33 bits per heavy atom. The molecule has 0 radical (unpaired) electrons. The normalized spacial score (nSPS) is 11.9. The summed E-state index contributed by atoms with van der Waals surface area (Å²) in [5.74, 6) is -1.34. The van der Waals surface area contributed by atoms with Crippen molar-refractivity contribution < 1.29 is 47.5 Å². The van der Waals surface area contributed by atoms with Crippen molar-refractivity contribution in [2.75, 3.05) is 73.2 Å². The molecule has 0 heterocycles. The SMILES string of the molecule is COc1cc(OC)c(C=CS(=O)(=O)Cc2ccc(OC)c(NC(=O)C(NCCO)(NCCO)NCCO)c2)c(OC)c1. The van der Waals surface area contributed by atoms with Gasteiger partial charge in [0.25, 0.3) is 5.91 Å². The minimum absolute atomic E-state index is 0.00417. The van der Waals surface area contributed by atoms with Gasteiger partial charge in [-0.3, -0.25) is 20.7 Å². The van der Waals surface area contributed by atoms with E-state index in [1.54, 1.807) is 18.2 Å². The van der Waals surface area contributed by atoms with Crippen LogP contribution in [-0.2, 0) is 20.4 Å². The van der Waals surface area contributed by atoms with Crippen LogP contribution in [0, 0.1) is 0 Å². The number of aliphatic hydroxyl groups is 3. The molecule has 0 aliphatic heterocycles. The number of rotatable bonds is 19. The smallest absolute Gasteiger partial charge is 0.275 e. The lowest BCUT2D eigenvalue weighted by atomic mass is 10.1. The highest BCUT2D eigenvalue weighted by molar-refractivity contribution is 7.93. The summed E-state index contributed by atoms with van der Waals surface area (Å²) < 4.78 is 47.5. The van der Waals surface area contributed by atoms with Gasteiger partial charge >= 0.3 is 0 Å². The standard InChI is InChI=1S/C27H40N4O10S/c1-38-20-16-24(40-3)21(25(17-20)41-4)7-14-42(36,37)18-19-5-6-23(39-2)22(15-19)31-26(35)27(28-8-11-32,29-9-12-33)30-10-13-34/h5-7,14-17,28-30,32-34H,8-13,18H2,1-4H3,(H,31,35). The molecule has 0 saturated heterocycles. The number of benzene rings is 2. The fourth-order valence-electron chi connectivity index (χ4n) is 3.97. The molecule has 0 spiro atoms. The van der Waals surface area contributed by atoms with E-state index in [9.17, 15) is 28.5 Å². The van der Waals surface area contributed by atoms with Crippen molar-refractivity contribution in [3.63, 3.8) is 0 Å². The van der Waals surface area contributed by atoms with Crippen LogP contribution in [0.1, 0.15) is 11.1 Å². The lowest BCUT2D eigenvalue weighted by molar-refractivity contribution is -0.125. The van der Waals surface area contributed by atoms with Crippen LogP contribution in [0.4, 0.5) is 5.69 Å². The number of carbonyl (C=O) groups is 1. The van der Waals surface area contributed by atoms with Gasteiger partial charge in [0.2, 0.25) is 5.79 Å². The second-order valence-corrected chi connectivity index (χ2v) is 10.6. The van der Waals surface area contributed by atoms with Crippen molar-refractivity contribution in [1.29, 1.82) is 0 Å².